The number of hydrogen-bond donors (Lipinski definition) is 0. The lowest BCUT2D eigenvalue weighted by molar-refractivity contribution is -0.149. The molecule has 4 heteroatoms. The van der Waals surface area contributed by atoms with Crippen LogP contribution in [0.15, 0.2) is 5.18 Å². The third-order valence-corrected chi connectivity index (χ3v) is 2.58. The number of esters is 1. The fourth-order valence-corrected chi connectivity index (χ4v) is 1.64. The van der Waals surface area contributed by atoms with Crippen LogP contribution >= 0.6 is 0 Å². The van der Waals surface area contributed by atoms with E-state index in [0.29, 0.717) is 6.42 Å². The first-order valence-corrected chi connectivity index (χ1v) is 6.64. The van der Waals surface area contributed by atoms with Gasteiger partial charge in [0.2, 0.25) is 0 Å². The molecule has 0 aliphatic heterocycles. The molecule has 0 amide bonds. The highest BCUT2D eigenvalue weighted by atomic mass is 16.5. The van der Waals surface area contributed by atoms with Crippen molar-refractivity contribution in [1.82, 2.24) is 0 Å². The third-order valence-electron chi connectivity index (χ3n) is 2.58. The van der Waals surface area contributed by atoms with Crippen LogP contribution in [0.1, 0.15) is 65.7 Å². The summed E-state index contributed by atoms with van der Waals surface area (Å²) < 4.78 is 4.97. The summed E-state index contributed by atoms with van der Waals surface area (Å²) in [6.07, 6.45) is 7.13. The SMILES string of the molecule is CCCCCCCCC(N=O)C(=O)OC(C)C. The summed E-state index contributed by atoms with van der Waals surface area (Å²) in [4.78, 5) is 22.0. The summed E-state index contributed by atoms with van der Waals surface area (Å²) in [5.74, 6) is -0.483. The van der Waals surface area contributed by atoms with Crippen molar-refractivity contribution in [2.24, 2.45) is 5.18 Å². The topological polar surface area (TPSA) is 55.7 Å². The molecule has 0 saturated carbocycles. The minimum absolute atomic E-state index is 0.184. The van der Waals surface area contributed by atoms with Gasteiger partial charge in [-0.15, -0.1) is 4.91 Å². The molecule has 4 nitrogen and oxygen atoms in total. The molecule has 0 N–H and O–H groups in total. The van der Waals surface area contributed by atoms with Crippen molar-refractivity contribution in [3.05, 3.63) is 4.91 Å². The fourth-order valence-electron chi connectivity index (χ4n) is 1.64. The maximum atomic E-state index is 11.4. The zero-order valence-corrected chi connectivity index (χ0v) is 11.3. The monoisotopic (exact) mass is 243 g/mol. The Labute approximate surface area is 104 Å². The Morgan fingerprint density at radius 1 is 1.12 bits per heavy atom. The van der Waals surface area contributed by atoms with Crippen molar-refractivity contribution < 1.29 is 9.53 Å². The van der Waals surface area contributed by atoms with Gasteiger partial charge in [0.25, 0.3) is 0 Å². The molecule has 0 aromatic heterocycles. The zero-order chi connectivity index (χ0) is 13.1. The molecule has 1 atom stereocenters. The number of nitroso groups, excluding NO2 is 1. The van der Waals surface area contributed by atoms with Crippen LogP contribution in [-0.4, -0.2) is 18.1 Å². The second-order valence-electron chi connectivity index (χ2n) is 4.66. The van der Waals surface area contributed by atoms with E-state index < -0.39 is 12.0 Å². The normalized spacial score (nSPS) is 12.5. The molecule has 0 radical (unpaired) electrons. The standard InChI is InChI=1S/C13H25NO3/c1-4-5-6-7-8-9-10-12(14-16)13(15)17-11(2)3/h11-12H,4-10H2,1-3H3. The minimum atomic E-state index is -0.816. The van der Waals surface area contributed by atoms with Gasteiger partial charge in [0.05, 0.1) is 6.10 Å². The number of unbranched alkanes of at least 4 members (excludes halogenated alkanes) is 5. The average Bonchev–Trinajstić information content (AvgIpc) is 2.27. The molecule has 100 valence electrons. The molecule has 0 bridgehead atoms. The van der Waals surface area contributed by atoms with Gasteiger partial charge in [0, 0.05) is 0 Å². The van der Waals surface area contributed by atoms with Crippen LogP contribution in [0.4, 0.5) is 0 Å². The lowest BCUT2D eigenvalue weighted by atomic mass is 10.1. The molecule has 0 aromatic rings. The number of carbonyl (C=O) groups is 1. The predicted molar refractivity (Wildman–Crippen MR) is 68.8 cm³/mol. The van der Waals surface area contributed by atoms with Crippen LogP contribution in [0.2, 0.25) is 0 Å². The van der Waals surface area contributed by atoms with Crippen molar-refractivity contribution in [2.75, 3.05) is 0 Å². The molecule has 0 spiro atoms. The molecule has 0 aliphatic carbocycles. The second-order valence-corrected chi connectivity index (χ2v) is 4.66. The summed E-state index contributed by atoms with van der Waals surface area (Å²) in [7, 11) is 0. The Balaban J connectivity index is 3.67. The molecular weight excluding hydrogens is 218 g/mol. The number of rotatable bonds is 10. The minimum Gasteiger partial charge on any atom is -0.461 e. The van der Waals surface area contributed by atoms with E-state index in [2.05, 4.69) is 12.1 Å². The first-order valence-electron chi connectivity index (χ1n) is 6.64. The van der Waals surface area contributed by atoms with Gasteiger partial charge in [-0.2, -0.15) is 0 Å². The van der Waals surface area contributed by atoms with Crippen LogP contribution in [0, 0.1) is 4.91 Å². The van der Waals surface area contributed by atoms with Crippen LogP contribution in [0.3, 0.4) is 0 Å². The van der Waals surface area contributed by atoms with Gasteiger partial charge in [-0.3, -0.25) is 0 Å². The maximum Gasteiger partial charge on any atom is 0.334 e. The van der Waals surface area contributed by atoms with E-state index >= 15 is 0 Å². The molecule has 0 fully saturated rings. The maximum absolute atomic E-state index is 11.4. The van der Waals surface area contributed by atoms with Crippen molar-refractivity contribution in [1.29, 1.82) is 0 Å². The van der Waals surface area contributed by atoms with Gasteiger partial charge in [0.1, 0.15) is 0 Å². The largest absolute Gasteiger partial charge is 0.461 e. The Kier molecular flexibility index (Phi) is 9.68. The number of carbonyl (C=O) groups excluding carboxylic acids is 1. The number of nitrogens with zero attached hydrogens (tertiary/aromatic N) is 1. The molecule has 0 aromatic carbocycles. The summed E-state index contributed by atoms with van der Waals surface area (Å²) >= 11 is 0. The van der Waals surface area contributed by atoms with E-state index in [1.165, 1.54) is 25.7 Å². The molecular formula is C13H25NO3. The predicted octanol–water partition coefficient (Wildman–Crippen LogP) is 3.82. The van der Waals surface area contributed by atoms with Gasteiger partial charge in [-0.05, 0) is 20.3 Å². The lowest BCUT2D eigenvalue weighted by Crippen LogP contribution is -2.24. The smallest absolute Gasteiger partial charge is 0.334 e. The molecule has 0 saturated heterocycles. The van der Waals surface area contributed by atoms with Crippen molar-refractivity contribution in [3.63, 3.8) is 0 Å². The zero-order valence-electron chi connectivity index (χ0n) is 11.3. The average molecular weight is 243 g/mol. The first kappa shape index (κ1) is 16.1. The molecule has 17 heavy (non-hydrogen) atoms. The van der Waals surface area contributed by atoms with E-state index in [4.69, 9.17) is 4.74 Å². The summed E-state index contributed by atoms with van der Waals surface area (Å²) in [5, 5.41) is 2.85. The second kappa shape index (κ2) is 10.2. The first-order chi connectivity index (χ1) is 8.11. The van der Waals surface area contributed by atoms with Crippen molar-refractivity contribution in [2.45, 2.75) is 77.9 Å². The summed E-state index contributed by atoms with van der Waals surface area (Å²) in [5.41, 5.74) is 0. The van der Waals surface area contributed by atoms with Crippen LogP contribution < -0.4 is 0 Å². The van der Waals surface area contributed by atoms with E-state index in [1.54, 1.807) is 13.8 Å². The highest BCUT2D eigenvalue weighted by Crippen LogP contribution is 2.12. The molecule has 0 rings (SSSR count). The summed E-state index contributed by atoms with van der Waals surface area (Å²) in [6.45, 7) is 5.71. The lowest BCUT2D eigenvalue weighted by Gasteiger charge is -2.11. The van der Waals surface area contributed by atoms with Gasteiger partial charge in [-0.25, -0.2) is 4.79 Å². The Hall–Kier alpha value is -0.930. The third kappa shape index (κ3) is 8.83. The Morgan fingerprint density at radius 2 is 1.71 bits per heavy atom. The van der Waals surface area contributed by atoms with E-state index in [-0.39, 0.29) is 6.10 Å². The highest BCUT2D eigenvalue weighted by Gasteiger charge is 2.21. The Bertz CT molecular complexity index is 217. The summed E-state index contributed by atoms with van der Waals surface area (Å²) in [6, 6.07) is -0.816. The number of hydrogen-bond acceptors (Lipinski definition) is 4. The van der Waals surface area contributed by atoms with Gasteiger partial charge < -0.3 is 4.74 Å². The van der Waals surface area contributed by atoms with E-state index in [0.717, 1.165) is 12.8 Å². The molecule has 1 unspecified atom stereocenters. The van der Waals surface area contributed by atoms with Gasteiger partial charge in [0.15, 0.2) is 6.04 Å². The van der Waals surface area contributed by atoms with E-state index in [1.807, 2.05) is 0 Å². The van der Waals surface area contributed by atoms with Crippen molar-refractivity contribution >= 4 is 5.97 Å². The van der Waals surface area contributed by atoms with Crippen LogP contribution in [0.25, 0.3) is 0 Å². The molecule has 0 aliphatic rings. The number of ether oxygens (including phenoxy) is 1. The van der Waals surface area contributed by atoms with E-state index in [9.17, 15) is 9.70 Å². The quantitative estimate of drug-likeness (QED) is 0.333. The highest BCUT2D eigenvalue weighted by molar-refractivity contribution is 5.76. The van der Waals surface area contributed by atoms with Crippen LogP contribution in [0.5, 0.6) is 0 Å². The fraction of sp³-hybridized carbons (Fsp3) is 0.923. The van der Waals surface area contributed by atoms with Crippen molar-refractivity contribution in [3.8, 4) is 0 Å². The van der Waals surface area contributed by atoms with Gasteiger partial charge in [-0.1, -0.05) is 50.6 Å². The molecule has 0 heterocycles. The van der Waals surface area contributed by atoms with Crippen LogP contribution in [-0.2, 0) is 9.53 Å². The Morgan fingerprint density at radius 3 is 2.24 bits per heavy atom. The van der Waals surface area contributed by atoms with Gasteiger partial charge >= 0.3 is 5.97 Å².